The summed E-state index contributed by atoms with van der Waals surface area (Å²) < 4.78 is 1.11. The average molecular weight is 378 g/mol. The topological polar surface area (TPSA) is 12.0 Å². The molecular formula is C17H16BrNS2. The molecule has 3 rings (SSSR count). The molecule has 0 bridgehead atoms. The van der Waals surface area contributed by atoms with Crippen LogP contribution in [0.25, 0.3) is 0 Å². The molecule has 2 aromatic heterocycles. The first kappa shape index (κ1) is 14.8. The summed E-state index contributed by atoms with van der Waals surface area (Å²) in [4.78, 5) is 2.79. The third kappa shape index (κ3) is 3.76. The lowest BCUT2D eigenvalue weighted by atomic mass is 10.1. The molecule has 0 aliphatic rings. The molecule has 1 unspecified atom stereocenters. The van der Waals surface area contributed by atoms with Crippen molar-refractivity contribution in [3.05, 3.63) is 73.0 Å². The van der Waals surface area contributed by atoms with E-state index in [1.807, 2.05) is 22.7 Å². The van der Waals surface area contributed by atoms with Crippen LogP contribution in [0.3, 0.4) is 0 Å². The zero-order valence-corrected chi connectivity index (χ0v) is 14.9. The summed E-state index contributed by atoms with van der Waals surface area (Å²) in [5.74, 6) is 0. The number of halogens is 1. The monoisotopic (exact) mass is 377 g/mol. The van der Waals surface area contributed by atoms with Crippen molar-refractivity contribution in [2.45, 2.75) is 19.4 Å². The minimum absolute atomic E-state index is 0.316. The number of hydrogen-bond acceptors (Lipinski definition) is 3. The smallest absolute Gasteiger partial charge is 0.0654 e. The van der Waals surface area contributed by atoms with Crippen LogP contribution < -0.4 is 5.32 Å². The predicted octanol–water partition coefficient (Wildman–Crippen LogP) is 6.28. The summed E-state index contributed by atoms with van der Waals surface area (Å²) >= 11 is 7.19. The van der Waals surface area contributed by atoms with E-state index in [9.17, 15) is 0 Å². The van der Waals surface area contributed by atoms with Gasteiger partial charge in [0.15, 0.2) is 0 Å². The Morgan fingerprint density at radius 1 is 1.10 bits per heavy atom. The molecule has 1 N–H and O–H groups in total. The zero-order valence-electron chi connectivity index (χ0n) is 11.7. The SMILES string of the molecule is Cc1ccc(Br)cc1NC(Cc1cccs1)c1cccs1. The van der Waals surface area contributed by atoms with Crippen molar-refractivity contribution in [2.24, 2.45) is 0 Å². The van der Waals surface area contributed by atoms with E-state index in [4.69, 9.17) is 0 Å². The van der Waals surface area contributed by atoms with E-state index in [0.717, 1.165) is 10.9 Å². The van der Waals surface area contributed by atoms with E-state index >= 15 is 0 Å². The minimum Gasteiger partial charge on any atom is -0.377 e. The van der Waals surface area contributed by atoms with Crippen LogP contribution in [-0.4, -0.2) is 0 Å². The van der Waals surface area contributed by atoms with Crippen LogP contribution in [0.4, 0.5) is 5.69 Å². The number of hydrogen-bond donors (Lipinski definition) is 1. The van der Waals surface area contributed by atoms with E-state index < -0.39 is 0 Å². The van der Waals surface area contributed by atoms with Gasteiger partial charge in [-0.3, -0.25) is 0 Å². The van der Waals surface area contributed by atoms with Crippen LogP contribution in [0, 0.1) is 6.92 Å². The van der Waals surface area contributed by atoms with Crippen LogP contribution >= 0.6 is 38.6 Å². The van der Waals surface area contributed by atoms with Crippen molar-refractivity contribution in [2.75, 3.05) is 5.32 Å². The Morgan fingerprint density at radius 3 is 2.62 bits per heavy atom. The van der Waals surface area contributed by atoms with Crippen LogP contribution in [0.1, 0.15) is 21.4 Å². The van der Waals surface area contributed by atoms with E-state index in [1.165, 1.54) is 21.0 Å². The van der Waals surface area contributed by atoms with Crippen molar-refractivity contribution in [1.82, 2.24) is 0 Å². The van der Waals surface area contributed by atoms with Gasteiger partial charge in [0.25, 0.3) is 0 Å². The highest BCUT2D eigenvalue weighted by Crippen LogP contribution is 2.30. The van der Waals surface area contributed by atoms with Gasteiger partial charge in [0.1, 0.15) is 0 Å². The van der Waals surface area contributed by atoms with Crippen molar-refractivity contribution in [3.63, 3.8) is 0 Å². The van der Waals surface area contributed by atoms with Crippen molar-refractivity contribution in [3.8, 4) is 0 Å². The lowest BCUT2D eigenvalue weighted by Crippen LogP contribution is -2.12. The first-order chi connectivity index (χ1) is 10.2. The molecule has 21 heavy (non-hydrogen) atoms. The van der Waals surface area contributed by atoms with Gasteiger partial charge in [-0.1, -0.05) is 34.1 Å². The Balaban J connectivity index is 1.87. The Bertz CT molecular complexity index is 690. The Labute approximate surface area is 141 Å². The average Bonchev–Trinajstić information content (AvgIpc) is 3.14. The van der Waals surface area contributed by atoms with Crippen LogP contribution in [-0.2, 0) is 6.42 Å². The molecule has 2 heterocycles. The summed E-state index contributed by atoms with van der Waals surface area (Å²) in [7, 11) is 0. The summed E-state index contributed by atoms with van der Waals surface area (Å²) in [6.07, 6.45) is 1.02. The molecule has 0 saturated carbocycles. The van der Waals surface area contributed by atoms with Gasteiger partial charge >= 0.3 is 0 Å². The predicted molar refractivity (Wildman–Crippen MR) is 97.6 cm³/mol. The molecule has 0 aliphatic carbocycles. The largest absolute Gasteiger partial charge is 0.377 e. The molecule has 108 valence electrons. The van der Waals surface area contributed by atoms with Gasteiger partial charge in [0, 0.05) is 26.3 Å². The van der Waals surface area contributed by atoms with Gasteiger partial charge in [0.2, 0.25) is 0 Å². The fourth-order valence-corrected chi connectivity index (χ4v) is 4.17. The Hall–Kier alpha value is -1.10. The molecule has 0 spiro atoms. The van der Waals surface area contributed by atoms with E-state index in [2.05, 4.69) is 81.4 Å². The lowest BCUT2D eigenvalue weighted by molar-refractivity contribution is 0.801. The number of nitrogens with one attached hydrogen (secondary N) is 1. The van der Waals surface area contributed by atoms with E-state index in [-0.39, 0.29) is 0 Å². The van der Waals surface area contributed by atoms with Crippen molar-refractivity contribution < 1.29 is 0 Å². The zero-order chi connectivity index (χ0) is 14.7. The minimum atomic E-state index is 0.316. The fraction of sp³-hybridized carbons (Fsp3) is 0.176. The lowest BCUT2D eigenvalue weighted by Gasteiger charge is -2.20. The highest BCUT2D eigenvalue weighted by Gasteiger charge is 2.15. The summed E-state index contributed by atoms with van der Waals surface area (Å²) in [5, 5.41) is 8.00. The standard InChI is InChI=1S/C17H16BrNS2/c1-12-6-7-13(18)10-15(12)19-16(17-5-3-9-21-17)11-14-4-2-8-20-14/h2-10,16,19H,11H2,1H3. The van der Waals surface area contributed by atoms with E-state index in [0.29, 0.717) is 6.04 Å². The maximum atomic E-state index is 3.72. The molecule has 4 heteroatoms. The quantitative estimate of drug-likeness (QED) is 0.551. The second kappa shape index (κ2) is 6.77. The Kier molecular flexibility index (Phi) is 4.78. The maximum Gasteiger partial charge on any atom is 0.0654 e. The molecular weight excluding hydrogens is 362 g/mol. The van der Waals surface area contributed by atoms with Gasteiger partial charge < -0.3 is 5.32 Å². The van der Waals surface area contributed by atoms with Crippen molar-refractivity contribution >= 4 is 44.3 Å². The van der Waals surface area contributed by atoms with Crippen LogP contribution in [0.15, 0.2) is 57.7 Å². The highest BCUT2D eigenvalue weighted by molar-refractivity contribution is 9.10. The normalized spacial score (nSPS) is 12.3. The first-order valence-electron chi connectivity index (χ1n) is 6.81. The molecule has 0 fully saturated rings. The number of benzene rings is 1. The Morgan fingerprint density at radius 2 is 1.90 bits per heavy atom. The maximum absolute atomic E-state index is 3.72. The van der Waals surface area contributed by atoms with E-state index in [1.54, 1.807) is 0 Å². The number of rotatable bonds is 5. The van der Waals surface area contributed by atoms with Gasteiger partial charge in [0.05, 0.1) is 6.04 Å². The van der Waals surface area contributed by atoms with Crippen molar-refractivity contribution in [1.29, 1.82) is 0 Å². The molecule has 1 atom stereocenters. The summed E-state index contributed by atoms with van der Waals surface area (Å²) in [5.41, 5.74) is 2.46. The molecule has 1 nitrogen and oxygen atoms in total. The van der Waals surface area contributed by atoms with Crippen LogP contribution in [0.2, 0.25) is 0 Å². The van der Waals surface area contributed by atoms with Gasteiger partial charge in [-0.25, -0.2) is 0 Å². The second-order valence-electron chi connectivity index (χ2n) is 4.96. The highest BCUT2D eigenvalue weighted by atomic mass is 79.9. The third-order valence-electron chi connectivity index (χ3n) is 3.40. The molecule has 0 amide bonds. The summed E-state index contributed by atoms with van der Waals surface area (Å²) in [6, 6.07) is 15.4. The molecule has 0 saturated heterocycles. The number of aryl methyl sites for hydroxylation is 1. The van der Waals surface area contributed by atoms with Gasteiger partial charge in [-0.15, -0.1) is 22.7 Å². The molecule has 3 aromatic rings. The molecule has 0 radical (unpaired) electrons. The number of anilines is 1. The molecule has 1 aromatic carbocycles. The second-order valence-corrected chi connectivity index (χ2v) is 7.88. The van der Waals surface area contributed by atoms with Crippen LogP contribution in [0.5, 0.6) is 0 Å². The fourth-order valence-electron chi connectivity index (χ4n) is 2.28. The molecule has 0 aliphatic heterocycles. The van der Waals surface area contributed by atoms with Gasteiger partial charge in [-0.2, -0.15) is 0 Å². The third-order valence-corrected chi connectivity index (χ3v) is 5.78. The first-order valence-corrected chi connectivity index (χ1v) is 9.36. The summed E-state index contributed by atoms with van der Waals surface area (Å²) in [6.45, 7) is 2.14. The van der Waals surface area contributed by atoms with Gasteiger partial charge in [-0.05, 0) is 47.5 Å². The number of thiophene rings is 2.